The smallest absolute Gasteiger partial charge is 0.315 e. The Morgan fingerprint density at radius 1 is 1.40 bits per heavy atom. The Bertz CT molecular complexity index is 145. The van der Waals surface area contributed by atoms with E-state index in [4.69, 9.17) is 0 Å². The predicted octanol–water partition coefficient (Wildman–Crippen LogP) is 0.712. The lowest BCUT2D eigenvalue weighted by molar-refractivity contribution is 0.246. The Hall–Kier alpha value is -0.730. The number of carbonyl (C=O) groups excluding carboxylic acids is 1. The summed E-state index contributed by atoms with van der Waals surface area (Å²) in [6.07, 6.45) is 0. The Labute approximate surface area is 61.2 Å². The van der Waals surface area contributed by atoms with Gasteiger partial charge in [-0.15, -0.1) is 0 Å². The number of urea groups is 1. The largest absolute Gasteiger partial charge is 0.334 e. The SMILES string of the molecule is CC(C)[C@@H]1NC(=O)N[C@@H]1C. The van der Waals surface area contributed by atoms with Crippen LogP contribution >= 0.6 is 0 Å². The summed E-state index contributed by atoms with van der Waals surface area (Å²) in [6, 6.07) is 0.534. The van der Waals surface area contributed by atoms with Crippen molar-refractivity contribution in [1.82, 2.24) is 10.6 Å². The third-order valence-corrected chi connectivity index (χ3v) is 1.91. The molecule has 0 unspecified atom stereocenters. The van der Waals surface area contributed by atoms with E-state index in [9.17, 15) is 4.79 Å². The van der Waals surface area contributed by atoms with Crippen LogP contribution in [0.3, 0.4) is 0 Å². The molecule has 10 heavy (non-hydrogen) atoms. The number of hydrogen-bond donors (Lipinski definition) is 2. The molecule has 0 radical (unpaired) electrons. The van der Waals surface area contributed by atoms with Crippen LogP contribution in [0.4, 0.5) is 4.79 Å². The van der Waals surface area contributed by atoms with Crippen molar-refractivity contribution in [2.45, 2.75) is 32.9 Å². The topological polar surface area (TPSA) is 41.1 Å². The Kier molecular flexibility index (Phi) is 1.83. The van der Waals surface area contributed by atoms with E-state index < -0.39 is 0 Å². The standard InChI is InChI=1S/C7H14N2O/c1-4(2)6-5(3)8-7(10)9-6/h4-6H,1-3H3,(H2,8,9,10)/t5-,6+/m1/s1. The molecule has 0 aromatic rings. The number of nitrogens with one attached hydrogen (secondary N) is 2. The van der Waals surface area contributed by atoms with Gasteiger partial charge in [0, 0.05) is 6.04 Å². The fraction of sp³-hybridized carbons (Fsp3) is 0.857. The molecule has 0 aliphatic carbocycles. The normalized spacial score (nSPS) is 32.2. The summed E-state index contributed by atoms with van der Waals surface area (Å²) in [5, 5.41) is 5.65. The maximum atomic E-state index is 10.7. The van der Waals surface area contributed by atoms with E-state index in [-0.39, 0.29) is 12.1 Å². The minimum absolute atomic E-state index is 0.0359. The van der Waals surface area contributed by atoms with Crippen LogP contribution in [0.25, 0.3) is 0 Å². The number of hydrogen-bond acceptors (Lipinski definition) is 1. The second-order valence-electron chi connectivity index (χ2n) is 3.18. The number of carbonyl (C=O) groups is 1. The van der Waals surface area contributed by atoms with Crippen molar-refractivity contribution >= 4 is 6.03 Å². The highest BCUT2D eigenvalue weighted by Crippen LogP contribution is 2.10. The molecule has 58 valence electrons. The average molecular weight is 142 g/mol. The lowest BCUT2D eigenvalue weighted by Crippen LogP contribution is -2.35. The van der Waals surface area contributed by atoms with Gasteiger partial charge in [-0.1, -0.05) is 13.8 Å². The van der Waals surface area contributed by atoms with Gasteiger partial charge in [0.05, 0.1) is 6.04 Å². The highest BCUT2D eigenvalue weighted by molar-refractivity contribution is 5.77. The summed E-state index contributed by atoms with van der Waals surface area (Å²) in [5.74, 6) is 0.508. The van der Waals surface area contributed by atoms with E-state index in [0.29, 0.717) is 12.0 Å². The first-order valence-corrected chi connectivity index (χ1v) is 3.68. The molecule has 1 heterocycles. The van der Waals surface area contributed by atoms with Crippen LogP contribution in [0, 0.1) is 5.92 Å². The van der Waals surface area contributed by atoms with Gasteiger partial charge in [0.15, 0.2) is 0 Å². The molecule has 2 atom stereocenters. The van der Waals surface area contributed by atoms with Gasteiger partial charge in [-0.3, -0.25) is 0 Å². The van der Waals surface area contributed by atoms with Gasteiger partial charge in [0.25, 0.3) is 0 Å². The first-order chi connectivity index (χ1) is 4.61. The molecule has 3 heteroatoms. The maximum Gasteiger partial charge on any atom is 0.315 e. The summed E-state index contributed by atoms with van der Waals surface area (Å²) >= 11 is 0. The van der Waals surface area contributed by atoms with Gasteiger partial charge < -0.3 is 10.6 Å². The van der Waals surface area contributed by atoms with Crippen LogP contribution in [-0.2, 0) is 0 Å². The molecule has 1 aliphatic rings. The zero-order valence-electron chi connectivity index (χ0n) is 6.64. The summed E-state index contributed by atoms with van der Waals surface area (Å²) in [4.78, 5) is 10.7. The van der Waals surface area contributed by atoms with Crippen LogP contribution in [0.1, 0.15) is 20.8 Å². The van der Waals surface area contributed by atoms with E-state index >= 15 is 0 Å². The summed E-state index contributed by atoms with van der Waals surface area (Å²) in [7, 11) is 0. The minimum atomic E-state index is -0.0359. The van der Waals surface area contributed by atoms with E-state index in [1.165, 1.54) is 0 Å². The lowest BCUT2D eigenvalue weighted by Gasteiger charge is -2.17. The monoisotopic (exact) mass is 142 g/mol. The molecule has 0 spiro atoms. The van der Waals surface area contributed by atoms with Crippen molar-refractivity contribution in [2.24, 2.45) is 5.92 Å². The molecule has 1 fully saturated rings. The third-order valence-electron chi connectivity index (χ3n) is 1.91. The molecule has 3 nitrogen and oxygen atoms in total. The zero-order chi connectivity index (χ0) is 7.72. The molecular weight excluding hydrogens is 128 g/mol. The van der Waals surface area contributed by atoms with Gasteiger partial charge in [-0.25, -0.2) is 4.79 Å². The van der Waals surface area contributed by atoms with E-state index in [1.807, 2.05) is 6.92 Å². The van der Waals surface area contributed by atoms with E-state index in [1.54, 1.807) is 0 Å². The molecule has 0 saturated carbocycles. The zero-order valence-corrected chi connectivity index (χ0v) is 6.64. The fourth-order valence-electron chi connectivity index (χ4n) is 1.36. The molecule has 2 N–H and O–H groups in total. The van der Waals surface area contributed by atoms with E-state index in [0.717, 1.165) is 0 Å². The van der Waals surface area contributed by atoms with Crippen molar-refractivity contribution < 1.29 is 4.79 Å². The first-order valence-electron chi connectivity index (χ1n) is 3.68. The van der Waals surface area contributed by atoms with Crippen molar-refractivity contribution in [3.63, 3.8) is 0 Å². The highest BCUT2D eigenvalue weighted by atomic mass is 16.2. The van der Waals surface area contributed by atoms with Crippen molar-refractivity contribution in [1.29, 1.82) is 0 Å². The summed E-state index contributed by atoms with van der Waals surface area (Å²) in [6.45, 7) is 6.23. The average Bonchev–Trinajstić information content (AvgIpc) is 2.10. The van der Waals surface area contributed by atoms with Crippen molar-refractivity contribution in [2.75, 3.05) is 0 Å². The van der Waals surface area contributed by atoms with Crippen LogP contribution in [0.15, 0.2) is 0 Å². The van der Waals surface area contributed by atoms with Crippen LogP contribution in [0.5, 0.6) is 0 Å². The quantitative estimate of drug-likeness (QED) is 0.556. The van der Waals surface area contributed by atoms with Gasteiger partial charge in [0.1, 0.15) is 0 Å². The summed E-state index contributed by atoms with van der Waals surface area (Å²) < 4.78 is 0. The molecule has 0 bridgehead atoms. The maximum absolute atomic E-state index is 10.7. The predicted molar refractivity (Wildman–Crippen MR) is 39.8 cm³/mol. The first kappa shape index (κ1) is 7.38. The fourth-order valence-corrected chi connectivity index (χ4v) is 1.36. The van der Waals surface area contributed by atoms with Crippen LogP contribution in [0.2, 0.25) is 0 Å². The van der Waals surface area contributed by atoms with Crippen LogP contribution in [-0.4, -0.2) is 18.1 Å². The molecule has 2 amide bonds. The molecular formula is C7H14N2O. The molecule has 1 aliphatic heterocycles. The summed E-state index contributed by atoms with van der Waals surface area (Å²) in [5.41, 5.74) is 0. The van der Waals surface area contributed by atoms with Crippen LogP contribution < -0.4 is 10.6 Å². The highest BCUT2D eigenvalue weighted by Gasteiger charge is 2.29. The van der Waals surface area contributed by atoms with Gasteiger partial charge >= 0.3 is 6.03 Å². The molecule has 0 aromatic carbocycles. The Morgan fingerprint density at radius 2 is 2.00 bits per heavy atom. The van der Waals surface area contributed by atoms with Crippen molar-refractivity contribution in [3.05, 3.63) is 0 Å². The minimum Gasteiger partial charge on any atom is -0.334 e. The Balaban J connectivity index is 2.54. The van der Waals surface area contributed by atoms with Gasteiger partial charge in [0.2, 0.25) is 0 Å². The van der Waals surface area contributed by atoms with Crippen molar-refractivity contribution in [3.8, 4) is 0 Å². The molecule has 0 aromatic heterocycles. The number of amides is 2. The lowest BCUT2D eigenvalue weighted by atomic mass is 10.00. The second kappa shape index (κ2) is 2.48. The van der Waals surface area contributed by atoms with Gasteiger partial charge in [-0.2, -0.15) is 0 Å². The molecule has 1 rings (SSSR count). The van der Waals surface area contributed by atoms with Gasteiger partial charge in [-0.05, 0) is 12.8 Å². The molecule has 1 saturated heterocycles. The number of rotatable bonds is 1. The second-order valence-corrected chi connectivity index (χ2v) is 3.18. The van der Waals surface area contributed by atoms with E-state index in [2.05, 4.69) is 24.5 Å². The Morgan fingerprint density at radius 3 is 2.20 bits per heavy atom. The third kappa shape index (κ3) is 1.23.